The quantitative estimate of drug-likeness (QED) is 0.691. The maximum Gasteiger partial charge on any atom is 0.258 e. The number of aryl methyl sites for hydroxylation is 1. The van der Waals surface area contributed by atoms with Crippen LogP contribution >= 0.6 is 0 Å². The van der Waals surface area contributed by atoms with E-state index in [1.807, 2.05) is 0 Å². The largest absolute Gasteiger partial charge is 0.436 e. The predicted molar refractivity (Wildman–Crippen MR) is 93.3 cm³/mol. The van der Waals surface area contributed by atoms with E-state index in [1.165, 1.54) is 12.8 Å². The molecular formula is C19H19FN4O2. The fourth-order valence-corrected chi connectivity index (χ4v) is 3.06. The molecule has 0 atom stereocenters. The highest BCUT2D eigenvalue weighted by Gasteiger charge is 2.17. The van der Waals surface area contributed by atoms with Crippen LogP contribution in [0.5, 0.6) is 11.6 Å². The van der Waals surface area contributed by atoms with Gasteiger partial charge in [0.1, 0.15) is 0 Å². The molecule has 0 radical (unpaired) electrons. The predicted octanol–water partition coefficient (Wildman–Crippen LogP) is 3.97. The molecule has 1 aliphatic heterocycles. The maximum absolute atomic E-state index is 14.8. The Balaban J connectivity index is 1.55. The van der Waals surface area contributed by atoms with Gasteiger partial charge < -0.3 is 9.26 Å². The minimum absolute atomic E-state index is 0.160. The summed E-state index contributed by atoms with van der Waals surface area (Å²) in [6.07, 6.45) is 3.91. The van der Waals surface area contributed by atoms with Crippen molar-refractivity contribution in [3.05, 3.63) is 53.7 Å². The molecule has 1 fully saturated rings. The van der Waals surface area contributed by atoms with Crippen LogP contribution in [0.4, 0.5) is 4.39 Å². The molecule has 0 bridgehead atoms. The third-order valence-electron chi connectivity index (χ3n) is 4.36. The molecule has 0 saturated carbocycles. The van der Waals surface area contributed by atoms with Crippen LogP contribution in [0, 0.1) is 12.7 Å². The Bertz CT molecular complexity index is 906. The van der Waals surface area contributed by atoms with Crippen LogP contribution in [0.3, 0.4) is 0 Å². The lowest BCUT2D eigenvalue weighted by molar-refractivity contribution is 0.322. The summed E-state index contributed by atoms with van der Waals surface area (Å²) in [7, 11) is 0. The normalized spacial score (nSPS) is 14.7. The lowest BCUT2D eigenvalue weighted by atomic mass is 10.2. The SMILES string of the molecule is Cc1noc(-c2ccnc(Oc3cccc(CN4CCCC4)c3F)c2)n1. The highest BCUT2D eigenvalue weighted by atomic mass is 19.1. The topological polar surface area (TPSA) is 64.3 Å². The fourth-order valence-electron chi connectivity index (χ4n) is 3.06. The van der Waals surface area contributed by atoms with Gasteiger partial charge in [0.25, 0.3) is 5.89 Å². The van der Waals surface area contributed by atoms with E-state index < -0.39 is 0 Å². The average Bonchev–Trinajstić information content (AvgIpc) is 3.30. The van der Waals surface area contributed by atoms with Crippen molar-refractivity contribution in [2.45, 2.75) is 26.3 Å². The second-order valence-electron chi connectivity index (χ2n) is 6.34. The number of halogens is 1. The summed E-state index contributed by atoms with van der Waals surface area (Å²) in [6, 6.07) is 8.59. The van der Waals surface area contributed by atoms with E-state index in [0.717, 1.165) is 13.1 Å². The number of benzene rings is 1. The first-order valence-corrected chi connectivity index (χ1v) is 8.63. The van der Waals surface area contributed by atoms with Gasteiger partial charge in [0.05, 0.1) is 0 Å². The molecule has 3 aromatic rings. The van der Waals surface area contributed by atoms with E-state index in [1.54, 1.807) is 43.5 Å². The molecule has 2 aromatic heterocycles. The van der Waals surface area contributed by atoms with Gasteiger partial charge in [-0.05, 0) is 45.0 Å². The van der Waals surface area contributed by atoms with Crippen molar-refractivity contribution >= 4 is 0 Å². The van der Waals surface area contributed by atoms with E-state index in [9.17, 15) is 4.39 Å². The van der Waals surface area contributed by atoms with Crippen molar-refractivity contribution < 1.29 is 13.7 Å². The van der Waals surface area contributed by atoms with Gasteiger partial charge in [-0.2, -0.15) is 4.98 Å². The van der Waals surface area contributed by atoms with Crippen LogP contribution in [-0.4, -0.2) is 33.1 Å². The number of rotatable bonds is 5. The number of hydrogen-bond donors (Lipinski definition) is 0. The van der Waals surface area contributed by atoms with Crippen LogP contribution in [0.25, 0.3) is 11.5 Å². The summed E-state index contributed by atoms with van der Waals surface area (Å²) < 4.78 is 25.7. The van der Waals surface area contributed by atoms with Crippen molar-refractivity contribution in [3.8, 4) is 23.1 Å². The molecule has 3 heterocycles. The van der Waals surface area contributed by atoms with Crippen LogP contribution in [0.1, 0.15) is 24.2 Å². The van der Waals surface area contributed by atoms with E-state index in [2.05, 4.69) is 20.0 Å². The zero-order valence-electron chi connectivity index (χ0n) is 14.5. The van der Waals surface area contributed by atoms with Gasteiger partial charge in [0.2, 0.25) is 5.88 Å². The van der Waals surface area contributed by atoms with Gasteiger partial charge in [0.15, 0.2) is 17.4 Å². The van der Waals surface area contributed by atoms with Crippen molar-refractivity contribution in [3.63, 3.8) is 0 Å². The molecule has 0 aliphatic carbocycles. The standard InChI is InChI=1S/C19H19FN4O2/c1-13-22-19(26-23-13)14-7-8-21-17(11-14)25-16-6-4-5-15(18(16)20)12-24-9-2-3-10-24/h4-8,11H,2-3,9-10,12H2,1H3. The molecule has 1 aliphatic rings. The Labute approximate surface area is 150 Å². The Morgan fingerprint density at radius 3 is 2.85 bits per heavy atom. The number of hydrogen-bond acceptors (Lipinski definition) is 6. The maximum atomic E-state index is 14.8. The summed E-state index contributed by atoms with van der Waals surface area (Å²) >= 11 is 0. The van der Waals surface area contributed by atoms with Gasteiger partial charge in [-0.15, -0.1) is 0 Å². The highest BCUT2D eigenvalue weighted by Crippen LogP contribution is 2.28. The van der Waals surface area contributed by atoms with E-state index in [-0.39, 0.29) is 17.4 Å². The fraction of sp³-hybridized carbons (Fsp3) is 0.316. The molecule has 0 N–H and O–H groups in total. The molecule has 0 amide bonds. The molecule has 6 nitrogen and oxygen atoms in total. The van der Waals surface area contributed by atoms with E-state index in [0.29, 0.717) is 29.4 Å². The molecular weight excluding hydrogens is 335 g/mol. The minimum Gasteiger partial charge on any atom is -0.436 e. The van der Waals surface area contributed by atoms with Crippen LogP contribution in [-0.2, 0) is 6.54 Å². The second kappa shape index (κ2) is 7.21. The summed E-state index contributed by atoms with van der Waals surface area (Å²) in [5.74, 6) is 1.00. The molecule has 7 heteroatoms. The first-order valence-electron chi connectivity index (χ1n) is 8.63. The number of ether oxygens (including phenoxy) is 1. The van der Waals surface area contributed by atoms with Crippen molar-refractivity contribution in [2.24, 2.45) is 0 Å². The van der Waals surface area contributed by atoms with Crippen LogP contribution in [0.2, 0.25) is 0 Å². The molecule has 26 heavy (non-hydrogen) atoms. The monoisotopic (exact) mass is 354 g/mol. The molecule has 1 saturated heterocycles. The first kappa shape index (κ1) is 16.7. The Morgan fingerprint density at radius 2 is 2.08 bits per heavy atom. The lowest BCUT2D eigenvalue weighted by Crippen LogP contribution is -2.19. The number of aromatic nitrogens is 3. The Hall–Kier alpha value is -2.80. The molecule has 134 valence electrons. The Morgan fingerprint density at radius 1 is 1.23 bits per heavy atom. The van der Waals surface area contributed by atoms with Gasteiger partial charge in [-0.25, -0.2) is 9.37 Å². The molecule has 0 unspecified atom stereocenters. The third kappa shape index (κ3) is 3.57. The minimum atomic E-state index is -0.347. The zero-order valence-corrected chi connectivity index (χ0v) is 14.5. The Kier molecular flexibility index (Phi) is 4.62. The highest BCUT2D eigenvalue weighted by molar-refractivity contribution is 5.54. The van der Waals surface area contributed by atoms with Crippen LogP contribution < -0.4 is 4.74 Å². The van der Waals surface area contributed by atoms with Gasteiger partial charge >= 0.3 is 0 Å². The lowest BCUT2D eigenvalue weighted by Gasteiger charge is -2.16. The smallest absolute Gasteiger partial charge is 0.258 e. The average molecular weight is 354 g/mol. The number of pyridine rings is 1. The summed E-state index contributed by atoms with van der Waals surface area (Å²) in [6.45, 7) is 4.36. The van der Waals surface area contributed by atoms with Crippen LogP contribution in [0.15, 0.2) is 41.1 Å². The molecule has 0 spiro atoms. The van der Waals surface area contributed by atoms with Gasteiger partial charge in [0, 0.05) is 29.9 Å². The zero-order chi connectivity index (χ0) is 17.9. The van der Waals surface area contributed by atoms with E-state index in [4.69, 9.17) is 9.26 Å². The first-order chi connectivity index (χ1) is 12.7. The number of nitrogens with zero attached hydrogens (tertiary/aromatic N) is 4. The molecule has 1 aromatic carbocycles. The van der Waals surface area contributed by atoms with E-state index >= 15 is 0 Å². The van der Waals surface area contributed by atoms with Crippen molar-refractivity contribution in [2.75, 3.05) is 13.1 Å². The third-order valence-corrected chi connectivity index (χ3v) is 4.36. The van der Waals surface area contributed by atoms with Crippen molar-refractivity contribution in [1.29, 1.82) is 0 Å². The summed E-state index contributed by atoms with van der Waals surface area (Å²) in [5, 5.41) is 3.77. The van der Waals surface area contributed by atoms with Crippen molar-refractivity contribution in [1.82, 2.24) is 20.0 Å². The number of likely N-dealkylation sites (tertiary alicyclic amines) is 1. The van der Waals surface area contributed by atoms with Gasteiger partial charge in [-0.3, -0.25) is 4.90 Å². The molecule has 4 rings (SSSR count). The summed E-state index contributed by atoms with van der Waals surface area (Å²) in [4.78, 5) is 10.6. The second-order valence-corrected chi connectivity index (χ2v) is 6.34. The summed E-state index contributed by atoms with van der Waals surface area (Å²) in [5.41, 5.74) is 1.30. The van der Waals surface area contributed by atoms with Gasteiger partial charge in [-0.1, -0.05) is 17.3 Å².